The van der Waals surface area contributed by atoms with Crippen molar-refractivity contribution in [1.82, 2.24) is 0 Å². The van der Waals surface area contributed by atoms with Crippen LogP contribution in [0.15, 0.2) is 30.3 Å². The maximum absolute atomic E-state index is 9.28. The van der Waals surface area contributed by atoms with Crippen molar-refractivity contribution in [2.45, 2.75) is 26.2 Å². The third-order valence-corrected chi connectivity index (χ3v) is 2.76. The maximum Gasteiger partial charge on any atom is 0.0502 e. The van der Waals surface area contributed by atoms with Gasteiger partial charge >= 0.3 is 0 Å². The number of aliphatic hydroxyl groups is 1. The van der Waals surface area contributed by atoms with Gasteiger partial charge in [0.15, 0.2) is 0 Å². The Hall–Kier alpha value is -0.820. The van der Waals surface area contributed by atoms with Gasteiger partial charge < -0.3 is 5.11 Å². The molecule has 0 saturated carbocycles. The molecule has 0 spiro atoms. The molecule has 0 aliphatic heterocycles. The Kier molecular flexibility index (Phi) is 3.97. The van der Waals surface area contributed by atoms with E-state index in [1.807, 2.05) is 18.2 Å². The van der Waals surface area contributed by atoms with Gasteiger partial charge in [0.05, 0.1) is 6.61 Å². The molecule has 0 heterocycles. The lowest BCUT2D eigenvalue weighted by molar-refractivity contribution is 0.229. The molecule has 0 radical (unpaired) electrons. The molecule has 72 valence electrons. The molecule has 1 heteroatoms. The fourth-order valence-corrected chi connectivity index (χ4v) is 1.60. The second kappa shape index (κ2) is 5.03. The van der Waals surface area contributed by atoms with Crippen LogP contribution in [0.4, 0.5) is 0 Å². The van der Waals surface area contributed by atoms with E-state index in [0.29, 0.717) is 11.8 Å². The molecular weight excluding hydrogens is 160 g/mol. The van der Waals surface area contributed by atoms with Crippen LogP contribution in [0.5, 0.6) is 0 Å². The first-order chi connectivity index (χ1) is 6.29. The van der Waals surface area contributed by atoms with Crippen molar-refractivity contribution in [2.24, 2.45) is 5.92 Å². The van der Waals surface area contributed by atoms with Crippen LogP contribution >= 0.6 is 0 Å². The molecule has 0 bridgehead atoms. The molecule has 0 aliphatic carbocycles. The summed E-state index contributed by atoms with van der Waals surface area (Å²) in [7, 11) is 0. The van der Waals surface area contributed by atoms with Gasteiger partial charge in [-0.05, 0) is 11.5 Å². The minimum atomic E-state index is 0.249. The Morgan fingerprint density at radius 2 is 1.85 bits per heavy atom. The third-order valence-electron chi connectivity index (χ3n) is 2.76. The molecule has 0 fully saturated rings. The van der Waals surface area contributed by atoms with Gasteiger partial charge in [-0.25, -0.2) is 0 Å². The van der Waals surface area contributed by atoms with E-state index in [4.69, 9.17) is 0 Å². The highest BCUT2D eigenvalue weighted by Gasteiger charge is 2.15. The van der Waals surface area contributed by atoms with Crippen LogP contribution in [0.2, 0.25) is 0 Å². The number of rotatable bonds is 4. The average molecular weight is 178 g/mol. The highest BCUT2D eigenvalue weighted by molar-refractivity contribution is 5.20. The largest absolute Gasteiger partial charge is 0.396 e. The molecule has 1 nitrogen and oxygen atoms in total. The van der Waals surface area contributed by atoms with Crippen LogP contribution in [0.25, 0.3) is 0 Å². The van der Waals surface area contributed by atoms with Gasteiger partial charge in [-0.2, -0.15) is 0 Å². The van der Waals surface area contributed by atoms with Crippen molar-refractivity contribution in [2.75, 3.05) is 6.61 Å². The Morgan fingerprint density at radius 1 is 1.23 bits per heavy atom. The SMILES string of the molecule is CCC(C)C(CO)c1ccccc1. The van der Waals surface area contributed by atoms with Gasteiger partial charge in [-0.3, -0.25) is 0 Å². The highest BCUT2D eigenvalue weighted by Crippen LogP contribution is 2.25. The van der Waals surface area contributed by atoms with Gasteiger partial charge in [0.25, 0.3) is 0 Å². The lowest BCUT2D eigenvalue weighted by Crippen LogP contribution is -2.12. The zero-order chi connectivity index (χ0) is 9.68. The number of benzene rings is 1. The average Bonchev–Trinajstić information content (AvgIpc) is 2.20. The summed E-state index contributed by atoms with van der Waals surface area (Å²) in [6.45, 7) is 4.60. The topological polar surface area (TPSA) is 20.2 Å². The summed E-state index contributed by atoms with van der Waals surface area (Å²) in [5.74, 6) is 0.846. The second-order valence-corrected chi connectivity index (χ2v) is 3.59. The van der Waals surface area contributed by atoms with E-state index in [-0.39, 0.29) is 6.61 Å². The van der Waals surface area contributed by atoms with Crippen molar-refractivity contribution < 1.29 is 5.11 Å². The van der Waals surface area contributed by atoms with Crippen LogP contribution in [0, 0.1) is 5.92 Å². The standard InChI is InChI=1S/C12H18O/c1-3-10(2)12(9-13)11-7-5-4-6-8-11/h4-8,10,12-13H,3,9H2,1-2H3. The zero-order valence-electron chi connectivity index (χ0n) is 8.40. The molecule has 2 atom stereocenters. The van der Waals surface area contributed by atoms with E-state index in [2.05, 4.69) is 26.0 Å². The molecule has 1 aromatic rings. The summed E-state index contributed by atoms with van der Waals surface area (Å²) in [5, 5.41) is 9.28. The molecule has 1 rings (SSSR count). The summed E-state index contributed by atoms with van der Waals surface area (Å²) < 4.78 is 0. The van der Waals surface area contributed by atoms with Gasteiger partial charge in [0.1, 0.15) is 0 Å². The summed E-state index contributed by atoms with van der Waals surface area (Å²) in [5.41, 5.74) is 1.25. The minimum Gasteiger partial charge on any atom is -0.396 e. The predicted molar refractivity (Wildman–Crippen MR) is 55.7 cm³/mol. The van der Waals surface area contributed by atoms with E-state index in [1.165, 1.54) is 5.56 Å². The lowest BCUT2D eigenvalue weighted by Gasteiger charge is -2.20. The van der Waals surface area contributed by atoms with Crippen molar-refractivity contribution in [3.8, 4) is 0 Å². The minimum absolute atomic E-state index is 0.249. The van der Waals surface area contributed by atoms with Gasteiger partial charge in [0, 0.05) is 5.92 Å². The summed E-state index contributed by atoms with van der Waals surface area (Å²) in [6, 6.07) is 10.2. The van der Waals surface area contributed by atoms with E-state index in [0.717, 1.165) is 6.42 Å². The maximum atomic E-state index is 9.28. The fraction of sp³-hybridized carbons (Fsp3) is 0.500. The van der Waals surface area contributed by atoms with Crippen LogP contribution in [-0.4, -0.2) is 11.7 Å². The lowest BCUT2D eigenvalue weighted by atomic mass is 9.86. The van der Waals surface area contributed by atoms with E-state index in [9.17, 15) is 5.11 Å². The van der Waals surface area contributed by atoms with Crippen LogP contribution in [0.3, 0.4) is 0 Å². The van der Waals surface area contributed by atoms with Crippen molar-refractivity contribution in [3.63, 3.8) is 0 Å². The first kappa shape index (κ1) is 10.3. The van der Waals surface area contributed by atoms with Crippen molar-refractivity contribution >= 4 is 0 Å². The Morgan fingerprint density at radius 3 is 2.31 bits per heavy atom. The molecule has 0 aliphatic rings. The third kappa shape index (κ3) is 2.56. The quantitative estimate of drug-likeness (QED) is 0.751. The van der Waals surface area contributed by atoms with Crippen LogP contribution < -0.4 is 0 Å². The number of aliphatic hydroxyl groups excluding tert-OH is 1. The zero-order valence-corrected chi connectivity index (χ0v) is 8.40. The fourth-order valence-electron chi connectivity index (χ4n) is 1.60. The first-order valence-corrected chi connectivity index (χ1v) is 4.95. The molecule has 13 heavy (non-hydrogen) atoms. The second-order valence-electron chi connectivity index (χ2n) is 3.59. The monoisotopic (exact) mass is 178 g/mol. The summed E-state index contributed by atoms with van der Waals surface area (Å²) >= 11 is 0. The highest BCUT2D eigenvalue weighted by atomic mass is 16.3. The van der Waals surface area contributed by atoms with Gasteiger partial charge in [-0.1, -0.05) is 50.6 Å². The first-order valence-electron chi connectivity index (χ1n) is 4.95. The molecule has 0 amide bonds. The molecule has 2 unspecified atom stereocenters. The smallest absolute Gasteiger partial charge is 0.0502 e. The van der Waals surface area contributed by atoms with E-state index in [1.54, 1.807) is 0 Å². The predicted octanol–water partition coefficient (Wildman–Crippen LogP) is 2.81. The van der Waals surface area contributed by atoms with Gasteiger partial charge in [-0.15, -0.1) is 0 Å². The van der Waals surface area contributed by atoms with Gasteiger partial charge in [0.2, 0.25) is 0 Å². The number of hydrogen-bond acceptors (Lipinski definition) is 1. The normalized spacial score (nSPS) is 15.3. The van der Waals surface area contributed by atoms with E-state index < -0.39 is 0 Å². The molecule has 1 N–H and O–H groups in total. The summed E-state index contributed by atoms with van der Waals surface area (Å²) in [6.07, 6.45) is 1.11. The Bertz CT molecular complexity index is 230. The molecular formula is C12H18O. The summed E-state index contributed by atoms with van der Waals surface area (Å²) in [4.78, 5) is 0. The Labute approximate surface area is 80.4 Å². The molecule has 0 saturated heterocycles. The van der Waals surface area contributed by atoms with Crippen LogP contribution in [0.1, 0.15) is 31.7 Å². The van der Waals surface area contributed by atoms with E-state index >= 15 is 0 Å². The van der Waals surface area contributed by atoms with Crippen molar-refractivity contribution in [1.29, 1.82) is 0 Å². The number of hydrogen-bond donors (Lipinski definition) is 1. The van der Waals surface area contributed by atoms with Crippen molar-refractivity contribution in [3.05, 3.63) is 35.9 Å². The van der Waals surface area contributed by atoms with Crippen LogP contribution in [-0.2, 0) is 0 Å². The molecule has 0 aromatic heterocycles. The Balaban J connectivity index is 2.78. The molecule has 1 aromatic carbocycles.